The zero-order chi connectivity index (χ0) is 17.4. The van der Waals surface area contributed by atoms with E-state index in [-0.39, 0.29) is 12.5 Å². The molecule has 126 valence electrons. The lowest BCUT2D eigenvalue weighted by Crippen LogP contribution is -2.24. The molecule has 1 amide bonds. The van der Waals surface area contributed by atoms with Crippen molar-refractivity contribution < 1.29 is 14.3 Å². The summed E-state index contributed by atoms with van der Waals surface area (Å²) in [6, 6.07) is 14.9. The van der Waals surface area contributed by atoms with E-state index in [0.29, 0.717) is 11.5 Å². The third kappa shape index (κ3) is 5.31. The number of ether oxygens (including phenoxy) is 2. The van der Waals surface area contributed by atoms with Gasteiger partial charge in [-0.2, -0.15) is 5.10 Å². The molecular formula is C18H21N3O3. The van der Waals surface area contributed by atoms with Gasteiger partial charge in [0.1, 0.15) is 11.5 Å². The summed E-state index contributed by atoms with van der Waals surface area (Å²) >= 11 is 0. The second-order valence-electron chi connectivity index (χ2n) is 5.25. The Bertz CT molecular complexity index is 697. The van der Waals surface area contributed by atoms with E-state index in [1.165, 1.54) is 0 Å². The summed E-state index contributed by atoms with van der Waals surface area (Å²) in [7, 11) is 5.53. The van der Waals surface area contributed by atoms with Gasteiger partial charge in [0.15, 0.2) is 6.61 Å². The van der Waals surface area contributed by atoms with Crippen molar-refractivity contribution in [2.24, 2.45) is 5.10 Å². The molecule has 0 atom stereocenters. The highest BCUT2D eigenvalue weighted by molar-refractivity contribution is 5.83. The first-order chi connectivity index (χ1) is 11.6. The van der Waals surface area contributed by atoms with Crippen LogP contribution in [0, 0.1) is 0 Å². The predicted molar refractivity (Wildman–Crippen MR) is 95.0 cm³/mol. The van der Waals surface area contributed by atoms with Gasteiger partial charge < -0.3 is 14.4 Å². The molecule has 0 spiro atoms. The molecular weight excluding hydrogens is 306 g/mol. The summed E-state index contributed by atoms with van der Waals surface area (Å²) in [6.45, 7) is -0.121. The number of anilines is 1. The fraction of sp³-hybridized carbons (Fsp3) is 0.222. The molecule has 6 nitrogen and oxygen atoms in total. The van der Waals surface area contributed by atoms with Crippen LogP contribution in [0.15, 0.2) is 53.6 Å². The quantitative estimate of drug-likeness (QED) is 0.626. The molecule has 0 fully saturated rings. The molecule has 2 rings (SSSR count). The summed E-state index contributed by atoms with van der Waals surface area (Å²) in [5, 5.41) is 3.92. The van der Waals surface area contributed by atoms with Crippen LogP contribution in [0.4, 0.5) is 5.69 Å². The number of hydrazone groups is 1. The minimum absolute atomic E-state index is 0.121. The Morgan fingerprint density at radius 3 is 2.54 bits per heavy atom. The number of hydrogen-bond donors (Lipinski definition) is 1. The number of nitrogens with one attached hydrogen (secondary N) is 1. The minimum atomic E-state index is -0.334. The Morgan fingerprint density at radius 1 is 1.17 bits per heavy atom. The van der Waals surface area contributed by atoms with E-state index < -0.39 is 0 Å². The van der Waals surface area contributed by atoms with Crippen LogP contribution in [0.5, 0.6) is 11.5 Å². The number of carbonyl (C=O) groups excluding carboxylic acids is 1. The molecule has 0 heterocycles. The summed E-state index contributed by atoms with van der Waals surface area (Å²) in [5.74, 6) is 0.902. The number of hydrogen-bond acceptors (Lipinski definition) is 5. The van der Waals surface area contributed by atoms with Crippen LogP contribution >= 0.6 is 0 Å². The van der Waals surface area contributed by atoms with Gasteiger partial charge in [-0.3, -0.25) is 4.79 Å². The molecule has 0 bridgehead atoms. The Kier molecular flexibility index (Phi) is 6.19. The largest absolute Gasteiger partial charge is 0.497 e. The third-order valence-electron chi connectivity index (χ3n) is 3.22. The first-order valence-electron chi connectivity index (χ1n) is 7.44. The van der Waals surface area contributed by atoms with Crippen LogP contribution in [0.2, 0.25) is 0 Å². The molecule has 0 saturated carbocycles. The molecule has 0 aliphatic rings. The second kappa shape index (κ2) is 8.57. The summed E-state index contributed by atoms with van der Waals surface area (Å²) in [4.78, 5) is 13.7. The third-order valence-corrected chi connectivity index (χ3v) is 3.22. The molecule has 0 aromatic heterocycles. The van der Waals surface area contributed by atoms with Crippen molar-refractivity contribution in [2.45, 2.75) is 0 Å². The highest BCUT2D eigenvalue weighted by atomic mass is 16.5. The van der Waals surface area contributed by atoms with Crippen molar-refractivity contribution >= 4 is 17.8 Å². The molecule has 1 N–H and O–H groups in total. The van der Waals surface area contributed by atoms with Gasteiger partial charge in [-0.25, -0.2) is 5.43 Å². The van der Waals surface area contributed by atoms with Crippen molar-refractivity contribution in [3.05, 3.63) is 54.1 Å². The topological polar surface area (TPSA) is 63.2 Å². The SMILES string of the molecule is COc1cccc(OCC(=O)N/N=C\c2ccc(N(C)C)cc2)c1. The molecule has 0 radical (unpaired) electrons. The zero-order valence-corrected chi connectivity index (χ0v) is 14.0. The van der Waals surface area contributed by atoms with E-state index in [2.05, 4.69) is 10.5 Å². The number of amides is 1. The van der Waals surface area contributed by atoms with Crippen LogP contribution < -0.4 is 19.8 Å². The monoisotopic (exact) mass is 327 g/mol. The number of methoxy groups -OCH3 is 1. The van der Waals surface area contributed by atoms with Crippen LogP contribution in [-0.2, 0) is 4.79 Å². The maximum atomic E-state index is 11.7. The van der Waals surface area contributed by atoms with Gasteiger partial charge >= 0.3 is 0 Å². The van der Waals surface area contributed by atoms with Crippen molar-refractivity contribution in [3.63, 3.8) is 0 Å². The van der Waals surface area contributed by atoms with E-state index in [9.17, 15) is 4.79 Å². The lowest BCUT2D eigenvalue weighted by molar-refractivity contribution is -0.123. The molecule has 0 aliphatic carbocycles. The van der Waals surface area contributed by atoms with E-state index >= 15 is 0 Å². The van der Waals surface area contributed by atoms with Gasteiger partial charge in [0.25, 0.3) is 5.91 Å². The molecule has 2 aromatic rings. The van der Waals surface area contributed by atoms with Crippen LogP contribution in [0.1, 0.15) is 5.56 Å². The normalized spacial score (nSPS) is 10.5. The number of benzene rings is 2. The van der Waals surface area contributed by atoms with E-state index in [1.54, 1.807) is 37.6 Å². The fourth-order valence-electron chi connectivity index (χ4n) is 1.91. The van der Waals surface area contributed by atoms with Crippen LogP contribution in [0.25, 0.3) is 0 Å². The Balaban J connectivity index is 1.79. The van der Waals surface area contributed by atoms with Crippen LogP contribution in [-0.4, -0.2) is 39.9 Å². The van der Waals surface area contributed by atoms with Crippen molar-refractivity contribution in [1.82, 2.24) is 5.43 Å². The van der Waals surface area contributed by atoms with Gasteiger partial charge in [-0.15, -0.1) is 0 Å². The highest BCUT2D eigenvalue weighted by Crippen LogP contribution is 2.18. The number of rotatable bonds is 7. The first-order valence-corrected chi connectivity index (χ1v) is 7.44. The lowest BCUT2D eigenvalue weighted by atomic mass is 10.2. The first kappa shape index (κ1) is 17.3. The Labute approximate surface area is 141 Å². The van der Waals surface area contributed by atoms with Gasteiger partial charge in [-0.05, 0) is 29.8 Å². The van der Waals surface area contributed by atoms with Gasteiger partial charge in [0.2, 0.25) is 0 Å². The molecule has 0 aliphatic heterocycles. The van der Waals surface area contributed by atoms with Crippen molar-refractivity contribution in [3.8, 4) is 11.5 Å². The molecule has 0 saturated heterocycles. The fourth-order valence-corrected chi connectivity index (χ4v) is 1.91. The summed E-state index contributed by atoms with van der Waals surface area (Å²) in [6.07, 6.45) is 1.59. The summed E-state index contributed by atoms with van der Waals surface area (Å²) < 4.78 is 10.5. The highest BCUT2D eigenvalue weighted by Gasteiger charge is 2.02. The Morgan fingerprint density at radius 2 is 1.88 bits per heavy atom. The molecule has 24 heavy (non-hydrogen) atoms. The standard InChI is InChI=1S/C18H21N3O3/c1-21(2)15-9-7-14(8-10-15)12-19-20-18(22)13-24-17-6-4-5-16(11-17)23-3/h4-12H,13H2,1-3H3,(H,20,22)/b19-12-. The molecule has 2 aromatic carbocycles. The van der Waals surface area contributed by atoms with Gasteiger partial charge in [-0.1, -0.05) is 18.2 Å². The van der Waals surface area contributed by atoms with E-state index in [0.717, 1.165) is 11.3 Å². The summed E-state index contributed by atoms with van der Waals surface area (Å²) in [5.41, 5.74) is 4.43. The van der Waals surface area contributed by atoms with Crippen molar-refractivity contribution in [2.75, 3.05) is 32.7 Å². The van der Waals surface area contributed by atoms with E-state index in [1.807, 2.05) is 43.3 Å². The van der Waals surface area contributed by atoms with Crippen LogP contribution in [0.3, 0.4) is 0 Å². The Hall–Kier alpha value is -3.02. The maximum absolute atomic E-state index is 11.7. The number of nitrogens with zero attached hydrogens (tertiary/aromatic N) is 2. The van der Waals surface area contributed by atoms with Crippen molar-refractivity contribution in [1.29, 1.82) is 0 Å². The van der Waals surface area contributed by atoms with Gasteiger partial charge in [0, 0.05) is 25.8 Å². The smallest absolute Gasteiger partial charge is 0.277 e. The molecule has 0 unspecified atom stereocenters. The lowest BCUT2D eigenvalue weighted by Gasteiger charge is -2.11. The maximum Gasteiger partial charge on any atom is 0.277 e. The second-order valence-corrected chi connectivity index (χ2v) is 5.25. The number of carbonyl (C=O) groups is 1. The minimum Gasteiger partial charge on any atom is -0.497 e. The van der Waals surface area contributed by atoms with E-state index in [4.69, 9.17) is 9.47 Å². The van der Waals surface area contributed by atoms with Gasteiger partial charge in [0.05, 0.1) is 13.3 Å². The molecule has 6 heteroatoms. The average Bonchev–Trinajstić information content (AvgIpc) is 2.60. The zero-order valence-electron chi connectivity index (χ0n) is 14.0. The average molecular weight is 327 g/mol. The predicted octanol–water partition coefficient (Wildman–Crippen LogP) is 2.29.